The van der Waals surface area contributed by atoms with Gasteiger partial charge in [-0.2, -0.15) is 4.98 Å². The molecule has 1 aliphatic heterocycles. The predicted molar refractivity (Wildman–Crippen MR) is 76.4 cm³/mol. The molecule has 0 radical (unpaired) electrons. The number of ether oxygens (including phenoxy) is 1. The van der Waals surface area contributed by atoms with Crippen molar-refractivity contribution in [2.24, 2.45) is 5.50 Å². The summed E-state index contributed by atoms with van der Waals surface area (Å²) in [4.78, 5) is 30.7. The minimum Gasteiger partial charge on any atom is -0.390 e. The fourth-order valence-corrected chi connectivity index (χ4v) is 2.65. The third kappa shape index (κ3) is 2.82. The molecular formula is C10H15N6O5P. The van der Waals surface area contributed by atoms with Crippen LogP contribution in [-0.4, -0.2) is 48.3 Å². The number of aromatic amines is 1. The number of nitrogen functional groups attached to an aromatic ring is 1. The molecule has 22 heavy (non-hydrogen) atoms. The Kier molecular flexibility index (Phi) is 4.08. The summed E-state index contributed by atoms with van der Waals surface area (Å²) < 4.78 is 12.1. The number of fused-ring (bicyclic) bond motifs is 1. The number of aliphatic hydroxyl groups is 1. The SMILES string of the molecule is Nc1[nH]c(=O)nc2c1ncn2[C@H]1C[C@H](O)[C@@H](COP(N)O)O1. The Morgan fingerprint density at radius 1 is 1.64 bits per heavy atom. The Hall–Kier alpha value is -1.62. The molecule has 11 nitrogen and oxygen atoms in total. The van der Waals surface area contributed by atoms with Gasteiger partial charge in [-0.15, -0.1) is 0 Å². The lowest BCUT2D eigenvalue weighted by Gasteiger charge is -2.16. The quantitative estimate of drug-likeness (QED) is 0.420. The number of aliphatic hydroxyl groups excluding tert-OH is 1. The minimum atomic E-state index is -2.02. The van der Waals surface area contributed by atoms with Crippen molar-refractivity contribution in [1.29, 1.82) is 0 Å². The predicted octanol–water partition coefficient (Wildman–Crippen LogP) is -1.46. The first kappa shape index (κ1) is 15.3. The van der Waals surface area contributed by atoms with Crippen molar-refractivity contribution in [3.05, 3.63) is 16.8 Å². The first-order chi connectivity index (χ1) is 10.5. The van der Waals surface area contributed by atoms with E-state index in [1.54, 1.807) is 0 Å². The second kappa shape index (κ2) is 5.88. The molecule has 12 heteroatoms. The lowest BCUT2D eigenvalue weighted by atomic mass is 10.2. The maximum Gasteiger partial charge on any atom is 0.348 e. The molecule has 0 spiro atoms. The van der Waals surface area contributed by atoms with Crippen LogP contribution in [0.2, 0.25) is 0 Å². The van der Waals surface area contributed by atoms with Crippen molar-refractivity contribution in [3.8, 4) is 0 Å². The van der Waals surface area contributed by atoms with E-state index in [0.717, 1.165) is 0 Å². The topological polar surface area (TPSA) is 175 Å². The summed E-state index contributed by atoms with van der Waals surface area (Å²) in [6.07, 6.45) is -0.352. The molecule has 0 bridgehead atoms. The highest BCUT2D eigenvalue weighted by atomic mass is 31.2. The van der Waals surface area contributed by atoms with Crippen molar-refractivity contribution in [2.45, 2.75) is 24.9 Å². The molecule has 2 aromatic heterocycles. The molecule has 2 aromatic rings. The van der Waals surface area contributed by atoms with Gasteiger partial charge in [-0.25, -0.2) is 9.78 Å². The molecule has 1 fully saturated rings. The summed E-state index contributed by atoms with van der Waals surface area (Å²) in [6.45, 7) is -0.0425. The normalized spacial score (nSPS) is 26.6. The van der Waals surface area contributed by atoms with Crippen molar-refractivity contribution in [3.63, 3.8) is 0 Å². The van der Waals surface area contributed by atoms with E-state index in [4.69, 9.17) is 25.4 Å². The van der Waals surface area contributed by atoms with E-state index in [-0.39, 0.29) is 24.5 Å². The highest BCUT2D eigenvalue weighted by molar-refractivity contribution is 7.43. The summed E-state index contributed by atoms with van der Waals surface area (Å²) in [7, 11) is -2.02. The van der Waals surface area contributed by atoms with Crippen LogP contribution in [-0.2, 0) is 9.26 Å². The van der Waals surface area contributed by atoms with Gasteiger partial charge >= 0.3 is 5.69 Å². The maximum absolute atomic E-state index is 11.4. The Bertz CT molecular complexity index is 732. The van der Waals surface area contributed by atoms with Crippen LogP contribution in [0.5, 0.6) is 0 Å². The van der Waals surface area contributed by atoms with Crippen molar-refractivity contribution < 1.29 is 19.3 Å². The molecule has 0 amide bonds. The van der Waals surface area contributed by atoms with Crippen LogP contribution in [0.3, 0.4) is 0 Å². The lowest BCUT2D eigenvalue weighted by Crippen LogP contribution is -2.26. The number of nitrogens with two attached hydrogens (primary N) is 2. The monoisotopic (exact) mass is 330 g/mol. The minimum absolute atomic E-state index is 0.0425. The molecule has 120 valence electrons. The zero-order valence-corrected chi connectivity index (χ0v) is 12.2. The zero-order chi connectivity index (χ0) is 15.9. The van der Waals surface area contributed by atoms with Crippen LogP contribution in [0.15, 0.2) is 11.1 Å². The van der Waals surface area contributed by atoms with Crippen LogP contribution in [0.4, 0.5) is 5.82 Å². The van der Waals surface area contributed by atoms with Gasteiger partial charge in [-0.05, 0) is 0 Å². The third-order valence-corrected chi connectivity index (χ3v) is 3.77. The summed E-state index contributed by atoms with van der Waals surface area (Å²) in [5.74, 6) is 0.112. The van der Waals surface area contributed by atoms with Crippen molar-refractivity contribution >= 4 is 25.5 Å². The molecule has 3 rings (SSSR count). The average Bonchev–Trinajstić information content (AvgIpc) is 3.00. The van der Waals surface area contributed by atoms with Crippen molar-refractivity contribution in [1.82, 2.24) is 19.5 Å². The van der Waals surface area contributed by atoms with E-state index in [0.29, 0.717) is 5.52 Å². The van der Waals surface area contributed by atoms with E-state index in [1.165, 1.54) is 10.9 Å². The molecular weight excluding hydrogens is 315 g/mol. The molecule has 0 aromatic carbocycles. The van der Waals surface area contributed by atoms with Gasteiger partial charge in [0.25, 0.3) is 0 Å². The molecule has 0 aliphatic carbocycles. The van der Waals surface area contributed by atoms with Gasteiger partial charge in [0.2, 0.25) is 8.53 Å². The number of anilines is 1. The third-order valence-electron chi connectivity index (χ3n) is 3.36. The molecule has 1 aliphatic rings. The Balaban J connectivity index is 1.85. The lowest BCUT2D eigenvalue weighted by molar-refractivity contribution is -0.0378. The van der Waals surface area contributed by atoms with Crippen molar-refractivity contribution in [2.75, 3.05) is 12.3 Å². The average molecular weight is 330 g/mol. The number of imidazole rings is 1. The van der Waals surface area contributed by atoms with Crippen LogP contribution >= 0.6 is 8.53 Å². The molecule has 0 saturated carbocycles. The number of hydrogen-bond acceptors (Lipinski definition) is 9. The molecule has 4 atom stereocenters. The fraction of sp³-hybridized carbons (Fsp3) is 0.500. The van der Waals surface area contributed by atoms with E-state index in [9.17, 15) is 9.90 Å². The number of nitrogens with zero attached hydrogens (tertiary/aromatic N) is 3. The van der Waals surface area contributed by atoms with Gasteiger partial charge in [0.1, 0.15) is 23.7 Å². The van der Waals surface area contributed by atoms with Gasteiger partial charge in [0.05, 0.1) is 19.0 Å². The standard InChI is InChI=1S/C10H15N6O5P/c11-8-7-9(15-10(18)14-8)16(3-13-7)6-1-4(17)5(21-6)2-20-22(12)19/h3-6,17,19H,1-2,12H2,(H3,11,14,15,18)/t4-,5+,6+,22?/m0/s1. The van der Waals surface area contributed by atoms with Gasteiger partial charge < -0.3 is 25.0 Å². The number of aromatic nitrogens is 4. The smallest absolute Gasteiger partial charge is 0.348 e. The van der Waals surface area contributed by atoms with E-state index in [2.05, 4.69) is 15.0 Å². The fourth-order valence-electron chi connectivity index (χ4n) is 2.35. The largest absolute Gasteiger partial charge is 0.390 e. The Morgan fingerprint density at radius 2 is 2.41 bits per heavy atom. The highest BCUT2D eigenvalue weighted by Gasteiger charge is 2.36. The number of rotatable bonds is 4. The maximum atomic E-state index is 11.4. The van der Waals surface area contributed by atoms with Crippen LogP contribution in [0, 0.1) is 0 Å². The molecule has 7 N–H and O–H groups in total. The first-order valence-corrected chi connectivity index (χ1v) is 7.66. The molecule has 3 heterocycles. The highest BCUT2D eigenvalue weighted by Crippen LogP contribution is 2.32. The first-order valence-electron chi connectivity index (χ1n) is 6.38. The second-order valence-corrected chi connectivity index (χ2v) is 5.67. The van der Waals surface area contributed by atoms with Crippen LogP contribution in [0.1, 0.15) is 12.6 Å². The van der Waals surface area contributed by atoms with Gasteiger partial charge in [0, 0.05) is 6.42 Å². The zero-order valence-electron chi connectivity index (χ0n) is 11.3. The van der Waals surface area contributed by atoms with Crippen LogP contribution in [0.25, 0.3) is 11.2 Å². The number of hydrogen-bond donors (Lipinski definition) is 5. The molecule has 1 unspecified atom stereocenters. The summed E-state index contributed by atoms with van der Waals surface area (Å²) in [5, 5.41) is 9.99. The second-order valence-electron chi connectivity index (χ2n) is 4.81. The molecule has 1 saturated heterocycles. The van der Waals surface area contributed by atoms with Gasteiger partial charge in [-0.3, -0.25) is 15.1 Å². The summed E-state index contributed by atoms with van der Waals surface area (Å²) in [6, 6.07) is 0. The van der Waals surface area contributed by atoms with E-state index in [1.807, 2.05) is 0 Å². The number of H-pyrrole nitrogens is 1. The number of nitrogens with one attached hydrogen (secondary N) is 1. The van der Waals surface area contributed by atoms with Crippen LogP contribution < -0.4 is 16.9 Å². The Labute approximate surface area is 124 Å². The van der Waals surface area contributed by atoms with E-state index < -0.39 is 32.7 Å². The summed E-state index contributed by atoms with van der Waals surface area (Å²) in [5.41, 5.74) is 10.8. The van der Waals surface area contributed by atoms with Gasteiger partial charge in [0.15, 0.2) is 5.65 Å². The van der Waals surface area contributed by atoms with Gasteiger partial charge in [-0.1, -0.05) is 0 Å². The Morgan fingerprint density at radius 3 is 3.14 bits per heavy atom. The van der Waals surface area contributed by atoms with E-state index >= 15 is 0 Å². The summed E-state index contributed by atoms with van der Waals surface area (Å²) >= 11 is 0.